The molecule has 2 fully saturated rings. The first-order valence-corrected chi connectivity index (χ1v) is 11.0. The molecule has 1 aliphatic carbocycles. The highest BCUT2D eigenvalue weighted by molar-refractivity contribution is 7.89. The Morgan fingerprint density at radius 3 is 2.38 bits per heavy atom. The minimum absolute atomic E-state index is 0.397. The number of rotatable bonds is 6. The van der Waals surface area contributed by atoms with Gasteiger partial charge in [-0.2, -0.15) is 4.31 Å². The predicted octanol–water partition coefficient (Wildman–Crippen LogP) is 3.24. The third-order valence-corrected chi connectivity index (χ3v) is 7.61. The maximum absolute atomic E-state index is 12.7. The van der Waals surface area contributed by atoms with Crippen LogP contribution in [-0.2, 0) is 23.0 Å². The van der Waals surface area contributed by atoms with Crippen molar-refractivity contribution >= 4 is 10.0 Å². The van der Waals surface area contributed by atoms with Crippen LogP contribution in [0.25, 0.3) is 0 Å². The largest absolute Gasteiger partial charge is 0.332 e. The number of nitrogens with zero attached hydrogens (tertiary/aromatic N) is 3. The van der Waals surface area contributed by atoms with E-state index in [4.69, 9.17) is 0 Å². The second-order valence-electron chi connectivity index (χ2n) is 7.73. The second-order valence-corrected chi connectivity index (χ2v) is 9.67. The van der Waals surface area contributed by atoms with Gasteiger partial charge in [0.05, 0.1) is 4.90 Å². The summed E-state index contributed by atoms with van der Waals surface area (Å²) >= 11 is 0. The van der Waals surface area contributed by atoms with Crippen LogP contribution in [0.1, 0.15) is 37.2 Å². The van der Waals surface area contributed by atoms with E-state index in [0.29, 0.717) is 23.9 Å². The molecule has 1 aromatic heterocycles. The second kappa shape index (κ2) is 7.16. The number of sulfonamides is 1. The zero-order valence-corrected chi connectivity index (χ0v) is 16.2. The molecule has 6 heteroatoms. The van der Waals surface area contributed by atoms with E-state index in [1.165, 1.54) is 24.4 Å². The van der Waals surface area contributed by atoms with Crippen LogP contribution in [0.15, 0.2) is 41.4 Å². The van der Waals surface area contributed by atoms with Crippen molar-refractivity contribution in [2.75, 3.05) is 13.1 Å². The van der Waals surface area contributed by atoms with Gasteiger partial charge in [-0.25, -0.2) is 13.4 Å². The van der Waals surface area contributed by atoms with E-state index in [0.717, 1.165) is 31.7 Å². The number of aryl methyl sites for hydroxylation is 1. The van der Waals surface area contributed by atoms with E-state index in [1.54, 1.807) is 28.6 Å². The molecule has 1 saturated carbocycles. The quantitative estimate of drug-likeness (QED) is 0.781. The molecule has 5 nitrogen and oxygen atoms in total. The first-order chi connectivity index (χ1) is 12.5. The summed E-state index contributed by atoms with van der Waals surface area (Å²) in [6.07, 6.45) is 7.43. The van der Waals surface area contributed by atoms with Crippen LogP contribution >= 0.6 is 0 Å². The van der Waals surface area contributed by atoms with Gasteiger partial charge in [-0.3, -0.25) is 0 Å². The monoisotopic (exact) mass is 373 g/mol. The minimum Gasteiger partial charge on any atom is -0.332 e. The Morgan fingerprint density at radius 2 is 1.73 bits per heavy atom. The molecule has 26 heavy (non-hydrogen) atoms. The molecule has 1 aliphatic heterocycles. The van der Waals surface area contributed by atoms with Crippen molar-refractivity contribution < 1.29 is 8.42 Å². The third kappa shape index (κ3) is 3.71. The average molecular weight is 374 g/mol. The van der Waals surface area contributed by atoms with Gasteiger partial charge in [-0.05, 0) is 56.6 Å². The van der Waals surface area contributed by atoms with Crippen molar-refractivity contribution in [3.8, 4) is 0 Å². The third-order valence-electron chi connectivity index (χ3n) is 5.70. The number of benzene rings is 1. The molecule has 2 heterocycles. The molecule has 0 amide bonds. The zero-order chi connectivity index (χ0) is 18.1. The van der Waals surface area contributed by atoms with Gasteiger partial charge in [-0.1, -0.05) is 18.2 Å². The molecule has 0 atom stereocenters. The Labute approximate surface area is 156 Å². The van der Waals surface area contributed by atoms with Crippen LogP contribution in [0, 0.1) is 18.8 Å². The van der Waals surface area contributed by atoms with Crippen LogP contribution in [-0.4, -0.2) is 35.4 Å². The molecule has 1 saturated heterocycles. The number of imidazole rings is 1. The number of hydrogen-bond acceptors (Lipinski definition) is 3. The van der Waals surface area contributed by atoms with Crippen LogP contribution in [0.4, 0.5) is 0 Å². The van der Waals surface area contributed by atoms with Gasteiger partial charge in [0.15, 0.2) is 0 Å². The summed E-state index contributed by atoms with van der Waals surface area (Å²) in [7, 11) is -3.36. The van der Waals surface area contributed by atoms with E-state index in [-0.39, 0.29) is 0 Å². The molecule has 0 bridgehead atoms. The molecule has 0 unspecified atom stereocenters. The lowest BCUT2D eigenvalue weighted by atomic mass is 9.94. The summed E-state index contributed by atoms with van der Waals surface area (Å²) in [5.41, 5.74) is 1.25. The van der Waals surface area contributed by atoms with Gasteiger partial charge in [0.1, 0.15) is 5.82 Å². The number of aromatic nitrogens is 2. The normalized spacial score (nSPS) is 19.7. The van der Waals surface area contributed by atoms with Gasteiger partial charge in [0.2, 0.25) is 10.0 Å². The van der Waals surface area contributed by atoms with E-state index in [1.807, 2.05) is 12.3 Å². The van der Waals surface area contributed by atoms with Gasteiger partial charge in [-0.15, -0.1) is 0 Å². The van der Waals surface area contributed by atoms with Gasteiger partial charge in [0, 0.05) is 37.9 Å². The van der Waals surface area contributed by atoms with E-state index in [2.05, 4.69) is 16.5 Å². The summed E-state index contributed by atoms with van der Waals surface area (Å²) in [5, 5.41) is 0. The molecular weight excluding hydrogens is 346 g/mol. The highest BCUT2D eigenvalue weighted by Crippen LogP contribution is 2.32. The van der Waals surface area contributed by atoms with E-state index < -0.39 is 10.0 Å². The SMILES string of the molecule is Cc1cnc(CC2CCN(S(=O)(=O)c3ccccc3)CC2)n1CC1CC1. The Morgan fingerprint density at radius 1 is 1.04 bits per heavy atom. The predicted molar refractivity (Wildman–Crippen MR) is 101 cm³/mol. The summed E-state index contributed by atoms with van der Waals surface area (Å²) in [5.74, 6) is 2.52. The molecule has 2 aromatic rings. The molecular formula is C20H27N3O2S. The topological polar surface area (TPSA) is 55.2 Å². The van der Waals surface area contributed by atoms with Gasteiger partial charge in [0.25, 0.3) is 0 Å². The zero-order valence-electron chi connectivity index (χ0n) is 15.3. The Hall–Kier alpha value is -1.66. The van der Waals surface area contributed by atoms with E-state index in [9.17, 15) is 8.42 Å². The molecule has 4 rings (SSSR count). The van der Waals surface area contributed by atoms with Crippen molar-refractivity contribution in [1.82, 2.24) is 13.9 Å². The Kier molecular flexibility index (Phi) is 4.88. The summed E-state index contributed by atoms with van der Waals surface area (Å²) < 4.78 is 29.5. The van der Waals surface area contributed by atoms with Crippen molar-refractivity contribution in [2.45, 2.75) is 50.5 Å². The first-order valence-electron chi connectivity index (χ1n) is 9.60. The average Bonchev–Trinajstić information content (AvgIpc) is 3.42. The van der Waals surface area contributed by atoms with Crippen LogP contribution in [0.3, 0.4) is 0 Å². The van der Waals surface area contributed by atoms with Crippen molar-refractivity contribution in [3.63, 3.8) is 0 Å². The van der Waals surface area contributed by atoms with Crippen molar-refractivity contribution in [2.24, 2.45) is 11.8 Å². The van der Waals surface area contributed by atoms with E-state index >= 15 is 0 Å². The highest BCUT2D eigenvalue weighted by atomic mass is 32.2. The molecule has 140 valence electrons. The maximum atomic E-state index is 12.7. The summed E-state index contributed by atoms with van der Waals surface area (Å²) in [6.45, 7) is 4.44. The maximum Gasteiger partial charge on any atom is 0.243 e. The fraction of sp³-hybridized carbons (Fsp3) is 0.550. The first kappa shape index (κ1) is 17.7. The molecule has 0 radical (unpaired) electrons. The van der Waals surface area contributed by atoms with Gasteiger partial charge >= 0.3 is 0 Å². The van der Waals surface area contributed by atoms with Crippen molar-refractivity contribution in [1.29, 1.82) is 0 Å². The molecule has 0 spiro atoms. The Balaban J connectivity index is 1.38. The van der Waals surface area contributed by atoms with Crippen LogP contribution in [0.2, 0.25) is 0 Å². The smallest absolute Gasteiger partial charge is 0.243 e. The molecule has 0 N–H and O–H groups in total. The lowest BCUT2D eigenvalue weighted by Crippen LogP contribution is -2.39. The van der Waals surface area contributed by atoms with Crippen LogP contribution < -0.4 is 0 Å². The van der Waals surface area contributed by atoms with Crippen molar-refractivity contribution in [3.05, 3.63) is 48.0 Å². The fourth-order valence-electron chi connectivity index (χ4n) is 3.84. The molecule has 1 aromatic carbocycles. The van der Waals surface area contributed by atoms with Crippen LogP contribution in [0.5, 0.6) is 0 Å². The fourth-order valence-corrected chi connectivity index (χ4v) is 5.33. The number of hydrogen-bond donors (Lipinski definition) is 0. The minimum atomic E-state index is -3.36. The lowest BCUT2D eigenvalue weighted by Gasteiger charge is -2.31. The standard InChI is InChI=1S/C20H27N3O2S/c1-16-14-21-20(23(16)15-18-7-8-18)13-17-9-11-22(12-10-17)26(24,25)19-5-3-2-4-6-19/h2-6,14,17-18H,7-13,15H2,1H3. The Bertz CT molecular complexity index is 848. The summed E-state index contributed by atoms with van der Waals surface area (Å²) in [6, 6.07) is 8.76. The lowest BCUT2D eigenvalue weighted by molar-refractivity contribution is 0.268. The number of piperidine rings is 1. The van der Waals surface area contributed by atoms with Gasteiger partial charge < -0.3 is 4.57 Å². The highest BCUT2D eigenvalue weighted by Gasteiger charge is 2.30. The summed E-state index contributed by atoms with van der Waals surface area (Å²) in [4.78, 5) is 5.03. The molecule has 2 aliphatic rings.